The monoisotopic (exact) mass is 332 g/mol. The minimum Gasteiger partial charge on any atom is -0.347 e. The van der Waals surface area contributed by atoms with Crippen molar-refractivity contribution in [1.29, 1.82) is 0 Å². The van der Waals surface area contributed by atoms with E-state index in [9.17, 15) is 9.59 Å². The molecule has 7 heteroatoms. The first-order valence-corrected chi connectivity index (χ1v) is 8.20. The lowest BCUT2D eigenvalue weighted by molar-refractivity contribution is -0.118. The van der Waals surface area contributed by atoms with Crippen LogP contribution in [0, 0.1) is 5.92 Å². The van der Waals surface area contributed by atoms with Crippen LogP contribution in [0.4, 0.5) is 5.69 Å². The number of aromatic nitrogens is 1. The van der Waals surface area contributed by atoms with Gasteiger partial charge in [-0.3, -0.25) is 9.59 Å². The van der Waals surface area contributed by atoms with Gasteiger partial charge in [-0.05, 0) is 17.7 Å². The second kappa shape index (κ2) is 7.85. The Morgan fingerprint density at radius 2 is 1.96 bits per heavy atom. The highest BCUT2D eigenvalue weighted by molar-refractivity contribution is 7.09. The van der Waals surface area contributed by atoms with Crippen LogP contribution in [0.15, 0.2) is 29.6 Å². The maximum absolute atomic E-state index is 12.0. The van der Waals surface area contributed by atoms with Crippen LogP contribution in [0.3, 0.4) is 0 Å². The van der Waals surface area contributed by atoms with Crippen LogP contribution in [0.25, 0.3) is 0 Å². The molecule has 0 spiro atoms. The predicted molar refractivity (Wildman–Crippen MR) is 91.1 cm³/mol. The Labute approximate surface area is 139 Å². The zero-order chi connectivity index (χ0) is 16.8. The molecule has 0 atom stereocenters. The van der Waals surface area contributed by atoms with Gasteiger partial charge in [0.25, 0.3) is 5.91 Å². The van der Waals surface area contributed by atoms with Crippen LogP contribution in [-0.2, 0) is 17.9 Å². The first kappa shape index (κ1) is 17.1. The summed E-state index contributed by atoms with van der Waals surface area (Å²) >= 11 is 1.37. The molecule has 6 nitrogen and oxygen atoms in total. The highest BCUT2D eigenvalue weighted by Gasteiger charge is 2.10. The molecule has 0 aliphatic heterocycles. The molecule has 2 rings (SSSR count). The van der Waals surface area contributed by atoms with Crippen molar-refractivity contribution in [2.75, 3.05) is 5.32 Å². The van der Waals surface area contributed by atoms with E-state index in [-0.39, 0.29) is 17.7 Å². The molecule has 1 heterocycles. The van der Waals surface area contributed by atoms with E-state index < -0.39 is 0 Å². The molecule has 1 aromatic heterocycles. The summed E-state index contributed by atoms with van der Waals surface area (Å²) < 4.78 is 0. The number of benzene rings is 1. The summed E-state index contributed by atoms with van der Waals surface area (Å²) in [5, 5.41) is 8.06. The summed E-state index contributed by atoms with van der Waals surface area (Å²) in [6.07, 6.45) is 0. The van der Waals surface area contributed by atoms with Crippen molar-refractivity contribution in [2.45, 2.75) is 26.9 Å². The molecule has 0 saturated heterocycles. The van der Waals surface area contributed by atoms with Gasteiger partial charge >= 0.3 is 0 Å². The molecule has 0 radical (unpaired) electrons. The number of nitrogens with zero attached hydrogens (tertiary/aromatic N) is 1. The van der Waals surface area contributed by atoms with Crippen LogP contribution in [0.2, 0.25) is 0 Å². The summed E-state index contributed by atoms with van der Waals surface area (Å²) in [5.41, 5.74) is 7.55. The molecule has 4 N–H and O–H groups in total. The fraction of sp³-hybridized carbons (Fsp3) is 0.312. The molecule has 0 saturated carbocycles. The van der Waals surface area contributed by atoms with Gasteiger partial charge in [0.15, 0.2) is 0 Å². The van der Waals surface area contributed by atoms with Gasteiger partial charge in [-0.25, -0.2) is 4.98 Å². The lowest BCUT2D eigenvalue weighted by Crippen LogP contribution is -2.23. The third-order valence-corrected chi connectivity index (χ3v) is 4.03. The van der Waals surface area contributed by atoms with Gasteiger partial charge in [0.05, 0.1) is 0 Å². The average Bonchev–Trinajstić information content (AvgIpc) is 3.03. The molecular formula is C16H20N4O2S. The summed E-state index contributed by atoms with van der Waals surface area (Å²) in [6, 6.07) is 7.36. The summed E-state index contributed by atoms with van der Waals surface area (Å²) in [7, 11) is 0. The largest absolute Gasteiger partial charge is 0.347 e. The number of carbonyl (C=O) groups is 2. The Hall–Kier alpha value is -2.25. The lowest BCUT2D eigenvalue weighted by Gasteiger charge is -2.09. The normalized spacial score (nSPS) is 10.6. The van der Waals surface area contributed by atoms with Gasteiger partial charge < -0.3 is 16.4 Å². The van der Waals surface area contributed by atoms with Gasteiger partial charge in [0, 0.05) is 30.1 Å². The smallest absolute Gasteiger partial charge is 0.271 e. The quantitative estimate of drug-likeness (QED) is 0.755. The first-order chi connectivity index (χ1) is 11.0. The topological polar surface area (TPSA) is 97.1 Å². The van der Waals surface area contributed by atoms with E-state index in [4.69, 9.17) is 5.73 Å². The van der Waals surface area contributed by atoms with Gasteiger partial charge in [0.2, 0.25) is 5.91 Å². The average molecular weight is 332 g/mol. The number of nitrogens with two attached hydrogens (primary N) is 1. The highest BCUT2D eigenvalue weighted by Crippen LogP contribution is 2.12. The summed E-state index contributed by atoms with van der Waals surface area (Å²) in [4.78, 5) is 27.7. The van der Waals surface area contributed by atoms with Crippen LogP contribution >= 0.6 is 11.3 Å². The van der Waals surface area contributed by atoms with E-state index in [1.807, 2.05) is 38.1 Å². The second-order valence-corrected chi connectivity index (χ2v) is 6.30. The fourth-order valence-corrected chi connectivity index (χ4v) is 2.43. The van der Waals surface area contributed by atoms with E-state index >= 15 is 0 Å². The van der Waals surface area contributed by atoms with Crippen molar-refractivity contribution >= 4 is 28.8 Å². The van der Waals surface area contributed by atoms with Gasteiger partial charge in [-0.15, -0.1) is 11.3 Å². The molecule has 1 aromatic carbocycles. The maximum Gasteiger partial charge on any atom is 0.271 e. The fourth-order valence-electron chi connectivity index (χ4n) is 1.77. The number of nitrogens with one attached hydrogen (secondary N) is 2. The molecular weight excluding hydrogens is 312 g/mol. The first-order valence-electron chi connectivity index (χ1n) is 7.32. The molecule has 0 unspecified atom stereocenters. The van der Waals surface area contributed by atoms with Crippen LogP contribution < -0.4 is 16.4 Å². The van der Waals surface area contributed by atoms with E-state index in [0.717, 1.165) is 16.3 Å². The minimum atomic E-state index is -0.224. The Bertz CT molecular complexity index is 680. The SMILES string of the molecule is CC(C)C(=O)Nc1ccc(CNC(=O)c2csc(CN)n2)cc1. The number of anilines is 1. The maximum atomic E-state index is 12.0. The number of hydrogen-bond donors (Lipinski definition) is 3. The predicted octanol–water partition coefficient (Wildman–Crippen LogP) is 2.13. The van der Waals surface area contributed by atoms with E-state index in [0.29, 0.717) is 18.8 Å². The number of carbonyl (C=O) groups excluding carboxylic acids is 2. The third kappa shape index (κ3) is 4.87. The second-order valence-electron chi connectivity index (χ2n) is 5.35. The zero-order valence-corrected chi connectivity index (χ0v) is 13.9. The zero-order valence-electron chi connectivity index (χ0n) is 13.1. The Morgan fingerprint density at radius 1 is 1.26 bits per heavy atom. The Morgan fingerprint density at radius 3 is 2.52 bits per heavy atom. The standard InChI is InChI=1S/C16H20N4O2S/c1-10(2)15(21)19-12-5-3-11(4-6-12)8-18-16(22)13-9-23-14(7-17)20-13/h3-6,9-10H,7-8,17H2,1-2H3,(H,18,22)(H,19,21). The minimum absolute atomic E-state index is 0.0229. The van der Waals surface area contributed by atoms with E-state index in [1.54, 1.807) is 5.38 Å². The Kier molecular flexibility index (Phi) is 5.84. The molecule has 2 amide bonds. The Balaban J connectivity index is 1.88. The van der Waals surface area contributed by atoms with Crippen LogP contribution in [-0.4, -0.2) is 16.8 Å². The molecule has 122 valence electrons. The number of rotatable bonds is 6. The lowest BCUT2D eigenvalue weighted by atomic mass is 10.1. The van der Waals surface area contributed by atoms with Crippen LogP contribution in [0.1, 0.15) is 34.9 Å². The van der Waals surface area contributed by atoms with Crippen molar-refractivity contribution in [2.24, 2.45) is 11.7 Å². The molecule has 0 aliphatic rings. The number of thiazole rings is 1. The van der Waals surface area contributed by atoms with Gasteiger partial charge in [-0.2, -0.15) is 0 Å². The summed E-state index contributed by atoms with van der Waals surface area (Å²) in [6.45, 7) is 4.41. The van der Waals surface area contributed by atoms with Crippen LogP contribution in [0.5, 0.6) is 0 Å². The van der Waals surface area contributed by atoms with Crippen molar-refractivity contribution in [3.8, 4) is 0 Å². The molecule has 23 heavy (non-hydrogen) atoms. The molecule has 0 aliphatic carbocycles. The van der Waals surface area contributed by atoms with Gasteiger partial charge in [-0.1, -0.05) is 26.0 Å². The van der Waals surface area contributed by atoms with Crippen molar-refractivity contribution in [3.05, 3.63) is 45.9 Å². The number of amides is 2. The molecule has 0 fully saturated rings. The highest BCUT2D eigenvalue weighted by atomic mass is 32.1. The van der Waals surface area contributed by atoms with E-state index in [2.05, 4.69) is 15.6 Å². The molecule has 2 aromatic rings. The summed E-state index contributed by atoms with van der Waals surface area (Å²) in [5.74, 6) is -0.311. The van der Waals surface area contributed by atoms with Crippen molar-refractivity contribution in [1.82, 2.24) is 10.3 Å². The number of hydrogen-bond acceptors (Lipinski definition) is 5. The molecule has 0 bridgehead atoms. The van der Waals surface area contributed by atoms with Gasteiger partial charge in [0.1, 0.15) is 10.7 Å². The van der Waals surface area contributed by atoms with E-state index in [1.165, 1.54) is 11.3 Å². The third-order valence-electron chi connectivity index (χ3n) is 3.16. The van der Waals surface area contributed by atoms with Crippen molar-refractivity contribution < 1.29 is 9.59 Å². The van der Waals surface area contributed by atoms with Crippen molar-refractivity contribution in [3.63, 3.8) is 0 Å².